The third-order valence-electron chi connectivity index (χ3n) is 4.76. The maximum Gasteiger partial charge on any atom is 0.253 e. The van der Waals surface area contributed by atoms with Crippen molar-refractivity contribution in [3.05, 3.63) is 59.2 Å². The zero-order valence-corrected chi connectivity index (χ0v) is 17.6. The van der Waals surface area contributed by atoms with Gasteiger partial charge in [0, 0.05) is 30.1 Å². The Kier molecular flexibility index (Phi) is 5.53. The van der Waals surface area contributed by atoms with Gasteiger partial charge in [-0.25, -0.2) is 8.42 Å². The fraction of sp³-hybridized carbons (Fsp3) is 0.350. The van der Waals surface area contributed by atoms with Crippen LogP contribution < -0.4 is 4.31 Å². The van der Waals surface area contributed by atoms with E-state index in [1.165, 1.54) is 15.5 Å². The van der Waals surface area contributed by atoms with Crippen LogP contribution in [0.25, 0.3) is 0 Å². The highest BCUT2D eigenvalue weighted by molar-refractivity contribution is 7.98. The first kappa shape index (κ1) is 19.8. The van der Waals surface area contributed by atoms with Crippen molar-refractivity contribution in [1.29, 1.82) is 0 Å². The highest BCUT2D eigenvalue weighted by atomic mass is 32.2. The molecule has 7 heteroatoms. The first-order valence-corrected chi connectivity index (χ1v) is 11.8. The summed E-state index contributed by atoms with van der Waals surface area (Å²) in [5.41, 5.74) is 3.23. The lowest BCUT2D eigenvalue weighted by Crippen LogP contribution is -2.34. The van der Waals surface area contributed by atoms with Gasteiger partial charge in [-0.15, -0.1) is 11.8 Å². The summed E-state index contributed by atoms with van der Waals surface area (Å²) in [4.78, 5) is 15.7. The smallest absolute Gasteiger partial charge is 0.253 e. The van der Waals surface area contributed by atoms with Crippen molar-refractivity contribution in [2.45, 2.75) is 30.8 Å². The zero-order valence-electron chi connectivity index (χ0n) is 16.0. The minimum atomic E-state index is -3.32. The summed E-state index contributed by atoms with van der Waals surface area (Å²) in [6, 6.07) is 13.3. The molecule has 0 bridgehead atoms. The average molecular weight is 405 g/mol. The Balaban J connectivity index is 1.78. The standard InChI is InChI=1S/C20H24N2O3S2/c1-14-11-17-12-16(7-10-19(17)22(14)27(4,24)25)20(23)21(2)13-15-5-8-18(26-3)9-6-15/h5-10,12,14H,11,13H2,1-4H3/t14-/m0/s1. The normalized spacial score (nSPS) is 16.3. The van der Waals surface area contributed by atoms with Gasteiger partial charge >= 0.3 is 0 Å². The molecule has 1 aliphatic rings. The molecule has 0 saturated heterocycles. The Morgan fingerprint density at radius 2 is 1.89 bits per heavy atom. The molecule has 0 aromatic heterocycles. The number of carbonyl (C=O) groups excluding carboxylic acids is 1. The molecular weight excluding hydrogens is 380 g/mol. The van der Waals surface area contributed by atoms with Gasteiger partial charge in [-0.05, 0) is 61.1 Å². The number of hydrogen-bond donors (Lipinski definition) is 0. The third kappa shape index (κ3) is 4.14. The molecular formula is C20H24N2O3S2. The van der Waals surface area contributed by atoms with Crippen LogP contribution in [0.1, 0.15) is 28.4 Å². The molecule has 144 valence electrons. The molecule has 2 aromatic rings. The van der Waals surface area contributed by atoms with Crippen LogP contribution in [0.4, 0.5) is 5.69 Å². The van der Waals surface area contributed by atoms with Crippen LogP contribution in [-0.4, -0.2) is 44.8 Å². The molecule has 0 radical (unpaired) electrons. The first-order valence-electron chi connectivity index (χ1n) is 8.71. The zero-order chi connectivity index (χ0) is 19.8. The van der Waals surface area contributed by atoms with Gasteiger partial charge in [0.1, 0.15) is 0 Å². The molecule has 0 unspecified atom stereocenters. The molecule has 1 amide bonds. The van der Waals surface area contributed by atoms with E-state index in [2.05, 4.69) is 12.1 Å². The Morgan fingerprint density at radius 1 is 1.22 bits per heavy atom. The Morgan fingerprint density at radius 3 is 2.48 bits per heavy atom. The van der Waals surface area contributed by atoms with E-state index < -0.39 is 10.0 Å². The molecule has 0 N–H and O–H groups in total. The van der Waals surface area contributed by atoms with Gasteiger partial charge in [0.25, 0.3) is 5.91 Å². The van der Waals surface area contributed by atoms with Crippen molar-refractivity contribution < 1.29 is 13.2 Å². The van der Waals surface area contributed by atoms with Crippen molar-refractivity contribution in [3.8, 4) is 0 Å². The van der Waals surface area contributed by atoms with Crippen LogP contribution >= 0.6 is 11.8 Å². The van der Waals surface area contributed by atoms with Gasteiger partial charge in [-0.1, -0.05) is 12.1 Å². The second kappa shape index (κ2) is 7.56. The minimum absolute atomic E-state index is 0.0720. The number of carbonyl (C=O) groups is 1. The molecule has 5 nitrogen and oxygen atoms in total. The predicted molar refractivity (Wildman–Crippen MR) is 111 cm³/mol. The highest BCUT2D eigenvalue weighted by Gasteiger charge is 2.33. The Bertz CT molecular complexity index is 956. The largest absolute Gasteiger partial charge is 0.337 e. The number of sulfonamides is 1. The summed E-state index contributed by atoms with van der Waals surface area (Å²) in [6.07, 6.45) is 3.86. The lowest BCUT2D eigenvalue weighted by molar-refractivity contribution is 0.0785. The van der Waals surface area contributed by atoms with Gasteiger partial charge in [0.05, 0.1) is 11.9 Å². The second-order valence-corrected chi connectivity index (χ2v) is 9.70. The number of benzene rings is 2. The van der Waals surface area contributed by atoms with Gasteiger partial charge in [0.15, 0.2) is 0 Å². The van der Waals surface area contributed by atoms with E-state index >= 15 is 0 Å². The van der Waals surface area contributed by atoms with E-state index in [1.807, 2.05) is 31.4 Å². The van der Waals surface area contributed by atoms with Crippen molar-refractivity contribution >= 4 is 33.4 Å². The maximum atomic E-state index is 12.8. The van der Waals surface area contributed by atoms with Crippen LogP contribution in [0, 0.1) is 0 Å². The van der Waals surface area contributed by atoms with E-state index in [1.54, 1.807) is 35.8 Å². The molecule has 1 aliphatic heterocycles. The fourth-order valence-corrected chi connectivity index (χ4v) is 5.21. The molecule has 0 aliphatic carbocycles. The Labute approximate surface area is 165 Å². The number of nitrogens with zero attached hydrogens (tertiary/aromatic N) is 2. The molecule has 2 aromatic carbocycles. The molecule has 0 saturated carbocycles. The number of hydrogen-bond acceptors (Lipinski definition) is 4. The first-order chi connectivity index (χ1) is 12.7. The van der Waals surface area contributed by atoms with Gasteiger partial charge < -0.3 is 4.90 Å². The number of rotatable bonds is 5. The molecule has 0 spiro atoms. The summed E-state index contributed by atoms with van der Waals surface area (Å²) < 4.78 is 25.5. The summed E-state index contributed by atoms with van der Waals surface area (Å²) >= 11 is 1.69. The van der Waals surface area contributed by atoms with E-state index in [0.717, 1.165) is 11.1 Å². The SMILES string of the molecule is CSc1ccc(CN(C)C(=O)c2ccc3c(c2)C[C@H](C)N3S(C)(=O)=O)cc1. The van der Waals surface area contributed by atoms with Crippen LogP contribution in [-0.2, 0) is 23.0 Å². The molecule has 1 heterocycles. The van der Waals surface area contributed by atoms with Gasteiger partial charge in [-0.3, -0.25) is 9.10 Å². The van der Waals surface area contributed by atoms with E-state index in [0.29, 0.717) is 24.2 Å². The lowest BCUT2D eigenvalue weighted by atomic mass is 10.1. The number of amides is 1. The summed E-state index contributed by atoms with van der Waals surface area (Å²) in [6.45, 7) is 2.41. The van der Waals surface area contributed by atoms with E-state index in [9.17, 15) is 13.2 Å². The van der Waals surface area contributed by atoms with Crippen molar-refractivity contribution in [2.75, 3.05) is 23.9 Å². The average Bonchev–Trinajstić information content (AvgIpc) is 2.96. The van der Waals surface area contributed by atoms with Crippen LogP contribution in [0.5, 0.6) is 0 Å². The van der Waals surface area contributed by atoms with E-state index in [-0.39, 0.29) is 11.9 Å². The van der Waals surface area contributed by atoms with Gasteiger partial charge in [0.2, 0.25) is 10.0 Å². The van der Waals surface area contributed by atoms with Crippen LogP contribution in [0.15, 0.2) is 47.4 Å². The van der Waals surface area contributed by atoms with Crippen LogP contribution in [0.2, 0.25) is 0 Å². The Hall–Kier alpha value is -1.99. The predicted octanol–water partition coefficient (Wildman–Crippen LogP) is 3.39. The number of anilines is 1. The topological polar surface area (TPSA) is 57.7 Å². The summed E-state index contributed by atoms with van der Waals surface area (Å²) in [7, 11) is -1.54. The molecule has 0 fully saturated rings. The number of fused-ring (bicyclic) bond motifs is 1. The monoisotopic (exact) mass is 404 g/mol. The quantitative estimate of drug-likeness (QED) is 0.717. The van der Waals surface area contributed by atoms with Crippen molar-refractivity contribution in [1.82, 2.24) is 4.90 Å². The minimum Gasteiger partial charge on any atom is -0.337 e. The number of thioether (sulfide) groups is 1. The highest BCUT2D eigenvalue weighted by Crippen LogP contribution is 2.34. The lowest BCUT2D eigenvalue weighted by Gasteiger charge is -2.22. The molecule has 3 rings (SSSR count). The van der Waals surface area contributed by atoms with Gasteiger partial charge in [-0.2, -0.15) is 0 Å². The molecule has 27 heavy (non-hydrogen) atoms. The fourth-order valence-electron chi connectivity index (χ4n) is 3.54. The van der Waals surface area contributed by atoms with E-state index in [4.69, 9.17) is 0 Å². The van der Waals surface area contributed by atoms with Crippen molar-refractivity contribution in [2.24, 2.45) is 0 Å². The van der Waals surface area contributed by atoms with Crippen LogP contribution in [0.3, 0.4) is 0 Å². The molecule has 1 atom stereocenters. The van der Waals surface area contributed by atoms with Crippen molar-refractivity contribution in [3.63, 3.8) is 0 Å². The summed E-state index contributed by atoms with van der Waals surface area (Å²) in [5, 5.41) is 0. The summed E-state index contributed by atoms with van der Waals surface area (Å²) in [5.74, 6) is -0.0720. The maximum absolute atomic E-state index is 12.8. The third-order valence-corrected chi connectivity index (χ3v) is 6.78. The second-order valence-electron chi connectivity index (χ2n) is 6.96.